The third kappa shape index (κ3) is 2.70. The summed E-state index contributed by atoms with van der Waals surface area (Å²) in [6, 6.07) is 0. The molecule has 0 aliphatic heterocycles. The standard InChI is InChI=1S/C14H19N3O/c1-9(2)5-11-6-15-13-12(11)14(17-8-16-13)18-7-10(3)4/h6,8,10H,1,5,7H2,2-4H3,(H,15,16,17). The number of rotatable bonds is 5. The molecule has 0 saturated heterocycles. The largest absolute Gasteiger partial charge is 0.477 e. The maximum atomic E-state index is 5.76. The van der Waals surface area contributed by atoms with Crippen molar-refractivity contribution in [3.8, 4) is 5.88 Å². The van der Waals surface area contributed by atoms with E-state index < -0.39 is 0 Å². The van der Waals surface area contributed by atoms with Crippen LogP contribution in [-0.2, 0) is 6.42 Å². The van der Waals surface area contributed by atoms with Crippen molar-refractivity contribution in [1.82, 2.24) is 15.0 Å². The van der Waals surface area contributed by atoms with Crippen molar-refractivity contribution < 1.29 is 4.74 Å². The van der Waals surface area contributed by atoms with E-state index in [1.807, 2.05) is 13.1 Å². The number of aromatic amines is 1. The highest BCUT2D eigenvalue weighted by Crippen LogP contribution is 2.26. The van der Waals surface area contributed by atoms with Crippen LogP contribution in [0.1, 0.15) is 26.3 Å². The van der Waals surface area contributed by atoms with Crippen LogP contribution in [0.15, 0.2) is 24.7 Å². The van der Waals surface area contributed by atoms with Crippen molar-refractivity contribution in [2.45, 2.75) is 27.2 Å². The van der Waals surface area contributed by atoms with Crippen LogP contribution in [-0.4, -0.2) is 21.6 Å². The minimum absolute atomic E-state index is 0.471. The molecule has 2 rings (SSSR count). The Kier molecular flexibility index (Phi) is 3.65. The molecule has 0 saturated carbocycles. The first kappa shape index (κ1) is 12.6. The smallest absolute Gasteiger partial charge is 0.226 e. The number of H-pyrrole nitrogens is 1. The molecule has 0 atom stereocenters. The van der Waals surface area contributed by atoms with Crippen molar-refractivity contribution in [3.05, 3.63) is 30.2 Å². The maximum Gasteiger partial charge on any atom is 0.226 e. The van der Waals surface area contributed by atoms with Crippen molar-refractivity contribution in [2.75, 3.05) is 6.61 Å². The first-order chi connectivity index (χ1) is 8.58. The summed E-state index contributed by atoms with van der Waals surface area (Å²) in [6.45, 7) is 10.8. The Labute approximate surface area is 107 Å². The molecule has 2 aromatic rings. The fourth-order valence-corrected chi connectivity index (χ4v) is 1.82. The molecule has 0 amide bonds. The molecule has 0 aliphatic carbocycles. The average Bonchev–Trinajstić information content (AvgIpc) is 2.69. The highest BCUT2D eigenvalue weighted by Gasteiger charge is 2.12. The van der Waals surface area contributed by atoms with E-state index in [9.17, 15) is 0 Å². The topological polar surface area (TPSA) is 50.8 Å². The Balaban J connectivity index is 2.38. The second kappa shape index (κ2) is 5.21. The van der Waals surface area contributed by atoms with E-state index in [0.717, 1.165) is 28.6 Å². The van der Waals surface area contributed by atoms with Gasteiger partial charge < -0.3 is 9.72 Å². The molecule has 4 nitrogen and oxygen atoms in total. The molecule has 0 radical (unpaired) electrons. The van der Waals surface area contributed by atoms with Gasteiger partial charge in [0.05, 0.1) is 12.0 Å². The summed E-state index contributed by atoms with van der Waals surface area (Å²) >= 11 is 0. The van der Waals surface area contributed by atoms with Crippen LogP contribution in [0.25, 0.3) is 11.0 Å². The van der Waals surface area contributed by atoms with Gasteiger partial charge in [0.1, 0.15) is 12.0 Å². The maximum absolute atomic E-state index is 5.76. The molecule has 0 aliphatic rings. The summed E-state index contributed by atoms with van der Waals surface area (Å²) in [5.41, 5.74) is 3.06. The van der Waals surface area contributed by atoms with Gasteiger partial charge in [-0.15, -0.1) is 0 Å². The summed E-state index contributed by atoms with van der Waals surface area (Å²) in [5, 5.41) is 0.973. The highest BCUT2D eigenvalue weighted by atomic mass is 16.5. The second-order valence-electron chi connectivity index (χ2n) is 5.06. The molecule has 96 valence electrons. The molecule has 0 unspecified atom stereocenters. The minimum Gasteiger partial charge on any atom is -0.477 e. The third-order valence-corrected chi connectivity index (χ3v) is 2.56. The summed E-state index contributed by atoms with van der Waals surface area (Å²) in [6.07, 6.45) is 4.29. The van der Waals surface area contributed by atoms with Crippen LogP contribution >= 0.6 is 0 Å². The molecule has 2 aromatic heterocycles. The van der Waals surface area contributed by atoms with Crippen molar-refractivity contribution in [3.63, 3.8) is 0 Å². The van der Waals surface area contributed by atoms with Gasteiger partial charge >= 0.3 is 0 Å². The Morgan fingerprint density at radius 2 is 2.22 bits per heavy atom. The molecule has 18 heavy (non-hydrogen) atoms. The molecule has 0 bridgehead atoms. The number of allylic oxidation sites excluding steroid dienone is 1. The number of aromatic nitrogens is 3. The zero-order valence-electron chi connectivity index (χ0n) is 11.2. The van der Waals surface area contributed by atoms with Gasteiger partial charge in [0.2, 0.25) is 5.88 Å². The van der Waals surface area contributed by atoms with Crippen LogP contribution in [0.3, 0.4) is 0 Å². The molecule has 2 heterocycles. The molecular formula is C14H19N3O. The van der Waals surface area contributed by atoms with Crippen molar-refractivity contribution in [2.24, 2.45) is 5.92 Å². The second-order valence-corrected chi connectivity index (χ2v) is 5.06. The molecule has 0 spiro atoms. The third-order valence-electron chi connectivity index (χ3n) is 2.56. The molecule has 4 heteroatoms. The Hall–Kier alpha value is -1.84. The molecule has 0 fully saturated rings. The lowest BCUT2D eigenvalue weighted by atomic mass is 10.1. The predicted octanol–water partition coefficient (Wildman–Crippen LogP) is 3.11. The van der Waals surface area contributed by atoms with E-state index >= 15 is 0 Å². The number of ether oxygens (including phenoxy) is 1. The summed E-state index contributed by atoms with van der Waals surface area (Å²) in [5.74, 6) is 1.13. The quantitative estimate of drug-likeness (QED) is 0.823. The number of hydrogen-bond donors (Lipinski definition) is 1. The van der Waals surface area contributed by atoms with Gasteiger partial charge in [-0.1, -0.05) is 26.0 Å². The zero-order valence-corrected chi connectivity index (χ0v) is 11.2. The summed E-state index contributed by atoms with van der Waals surface area (Å²) in [7, 11) is 0. The average molecular weight is 245 g/mol. The number of nitrogens with zero attached hydrogens (tertiary/aromatic N) is 2. The minimum atomic E-state index is 0.471. The van der Waals surface area contributed by atoms with Crippen LogP contribution < -0.4 is 4.74 Å². The van der Waals surface area contributed by atoms with Crippen molar-refractivity contribution >= 4 is 11.0 Å². The van der Waals surface area contributed by atoms with E-state index in [1.54, 1.807) is 0 Å². The lowest BCUT2D eigenvalue weighted by molar-refractivity contribution is 0.264. The van der Waals surface area contributed by atoms with Gasteiger partial charge in [0.15, 0.2) is 0 Å². The lowest BCUT2D eigenvalue weighted by Crippen LogP contribution is -2.06. The first-order valence-corrected chi connectivity index (χ1v) is 6.16. The van der Waals surface area contributed by atoms with E-state index in [0.29, 0.717) is 18.4 Å². The zero-order chi connectivity index (χ0) is 13.1. The summed E-state index contributed by atoms with van der Waals surface area (Å²) in [4.78, 5) is 11.6. The Bertz CT molecular complexity index is 557. The predicted molar refractivity (Wildman–Crippen MR) is 72.7 cm³/mol. The van der Waals surface area contributed by atoms with Gasteiger partial charge in [0.25, 0.3) is 0 Å². The number of nitrogens with one attached hydrogen (secondary N) is 1. The van der Waals surface area contributed by atoms with Gasteiger partial charge in [-0.25, -0.2) is 9.97 Å². The van der Waals surface area contributed by atoms with Gasteiger partial charge in [0, 0.05) is 6.20 Å². The summed E-state index contributed by atoms with van der Waals surface area (Å²) < 4.78 is 5.76. The van der Waals surface area contributed by atoms with Crippen LogP contribution in [0.5, 0.6) is 5.88 Å². The Morgan fingerprint density at radius 1 is 1.44 bits per heavy atom. The fourth-order valence-electron chi connectivity index (χ4n) is 1.82. The number of hydrogen-bond acceptors (Lipinski definition) is 3. The van der Waals surface area contributed by atoms with E-state index in [-0.39, 0.29) is 0 Å². The van der Waals surface area contributed by atoms with Crippen LogP contribution in [0, 0.1) is 5.92 Å². The normalized spacial score (nSPS) is 11.1. The molecule has 0 aromatic carbocycles. The van der Waals surface area contributed by atoms with E-state index in [1.165, 1.54) is 6.33 Å². The van der Waals surface area contributed by atoms with Crippen LogP contribution in [0.2, 0.25) is 0 Å². The fraction of sp³-hybridized carbons (Fsp3) is 0.429. The van der Waals surface area contributed by atoms with Crippen LogP contribution in [0.4, 0.5) is 0 Å². The SMILES string of the molecule is C=C(C)Cc1c[nH]c2ncnc(OCC(C)C)c12. The van der Waals surface area contributed by atoms with Gasteiger partial charge in [-0.3, -0.25) is 0 Å². The molecule has 1 N–H and O–H groups in total. The van der Waals surface area contributed by atoms with E-state index in [4.69, 9.17) is 4.74 Å². The lowest BCUT2D eigenvalue weighted by Gasteiger charge is -2.09. The molecular weight excluding hydrogens is 226 g/mol. The monoisotopic (exact) mass is 245 g/mol. The van der Waals surface area contributed by atoms with E-state index in [2.05, 4.69) is 35.4 Å². The number of fused-ring (bicyclic) bond motifs is 1. The first-order valence-electron chi connectivity index (χ1n) is 6.16. The van der Waals surface area contributed by atoms with Crippen molar-refractivity contribution in [1.29, 1.82) is 0 Å². The Morgan fingerprint density at radius 3 is 2.89 bits per heavy atom. The van der Waals surface area contributed by atoms with Gasteiger partial charge in [-0.2, -0.15) is 0 Å². The highest BCUT2D eigenvalue weighted by molar-refractivity contribution is 5.84. The van der Waals surface area contributed by atoms with Gasteiger partial charge in [-0.05, 0) is 24.8 Å².